The third kappa shape index (κ3) is 3.62. The highest BCUT2D eigenvalue weighted by molar-refractivity contribution is 6.01. The third-order valence-corrected chi connectivity index (χ3v) is 5.66. The van der Waals surface area contributed by atoms with E-state index in [1.807, 2.05) is 21.9 Å². The average Bonchev–Trinajstić information content (AvgIpc) is 3.02. The number of hydrogen-bond donors (Lipinski definition) is 0. The molecular formula is C20H27N3O3. The predicted molar refractivity (Wildman–Crippen MR) is 98.2 cm³/mol. The van der Waals surface area contributed by atoms with Crippen LogP contribution in [0.15, 0.2) is 18.2 Å². The molecule has 0 aromatic heterocycles. The maximum atomic E-state index is 12.7. The maximum Gasteiger partial charge on any atom is 0.254 e. The Bertz CT molecular complexity index is 679. The summed E-state index contributed by atoms with van der Waals surface area (Å²) in [6.45, 7) is 7.08. The van der Waals surface area contributed by atoms with Gasteiger partial charge in [-0.05, 0) is 49.7 Å². The number of piperidine rings is 1. The van der Waals surface area contributed by atoms with E-state index >= 15 is 0 Å². The van der Waals surface area contributed by atoms with Gasteiger partial charge in [0, 0.05) is 43.9 Å². The molecule has 4 rings (SSSR count). The number of likely N-dealkylation sites (tertiary alicyclic amines) is 1. The van der Waals surface area contributed by atoms with Gasteiger partial charge in [0.15, 0.2) is 0 Å². The molecule has 2 saturated heterocycles. The molecule has 0 N–H and O–H groups in total. The molecule has 0 atom stereocenters. The van der Waals surface area contributed by atoms with Gasteiger partial charge in [-0.1, -0.05) is 6.42 Å². The van der Waals surface area contributed by atoms with E-state index in [0.29, 0.717) is 38.4 Å². The summed E-state index contributed by atoms with van der Waals surface area (Å²) in [5.41, 5.74) is 2.41. The summed E-state index contributed by atoms with van der Waals surface area (Å²) < 4.78 is 5.32. The van der Waals surface area contributed by atoms with Crippen LogP contribution in [-0.2, 0) is 11.3 Å². The Hall–Kier alpha value is -1.92. The van der Waals surface area contributed by atoms with Crippen LogP contribution in [0.2, 0.25) is 0 Å². The number of benzene rings is 1. The monoisotopic (exact) mass is 357 g/mol. The fourth-order valence-corrected chi connectivity index (χ4v) is 4.09. The van der Waals surface area contributed by atoms with Gasteiger partial charge in [0.25, 0.3) is 11.8 Å². The van der Waals surface area contributed by atoms with Crippen LogP contribution >= 0.6 is 0 Å². The Labute approximate surface area is 154 Å². The Balaban J connectivity index is 1.40. The number of carbonyl (C=O) groups excluding carboxylic acids is 2. The van der Waals surface area contributed by atoms with E-state index in [9.17, 15) is 9.59 Å². The summed E-state index contributed by atoms with van der Waals surface area (Å²) >= 11 is 0. The minimum atomic E-state index is 0.0373. The summed E-state index contributed by atoms with van der Waals surface area (Å²) in [7, 11) is 0. The van der Waals surface area contributed by atoms with Crippen molar-refractivity contribution in [3.63, 3.8) is 0 Å². The van der Waals surface area contributed by atoms with E-state index in [1.165, 1.54) is 19.3 Å². The summed E-state index contributed by atoms with van der Waals surface area (Å²) in [5.74, 6) is 0.137. The molecule has 6 heteroatoms. The summed E-state index contributed by atoms with van der Waals surface area (Å²) in [5, 5.41) is 0. The lowest BCUT2D eigenvalue weighted by atomic mass is 10.1. The first-order valence-electron chi connectivity index (χ1n) is 9.74. The van der Waals surface area contributed by atoms with Crippen LogP contribution in [0, 0.1) is 0 Å². The van der Waals surface area contributed by atoms with E-state index in [1.54, 1.807) is 6.07 Å². The van der Waals surface area contributed by atoms with E-state index < -0.39 is 0 Å². The molecule has 0 bridgehead atoms. The van der Waals surface area contributed by atoms with Crippen LogP contribution in [0.25, 0.3) is 0 Å². The fraction of sp³-hybridized carbons (Fsp3) is 0.600. The molecule has 1 aromatic rings. The van der Waals surface area contributed by atoms with Crippen molar-refractivity contribution in [3.8, 4) is 0 Å². The van der Waals surface area contributed by atoms with Gasteiger partial charge in [0.1, 0.15) is 0 Å². The first kappa shape index (κ1) is 17.5. The fourth-order valence-electron chi connectivity index (χ4n) is 4.09. The Kier molecular flexibility index (Phi) is 5.22. The highest BCUT2D eigenvalue weighted by Gasteiger charge is 2.29. The zero-order valence-electron chi connectivity index (χ0n) is 15.3. The number of ether oxygens (including phenoxy) is 1. The molecule has 0 aliphatic carbocycles. The average molecular weight is 357 g/mol. The molecule has 26 heavy (non-hydrogen) atoms. The van der Waals surface area contributed by atoms with Crippen molar-refractivity contribution in [2.45, 2.75) is 25.8 Å². The lowest BCUT2D eigenvalue weighted by Gasteiger charge is -2.28. The number of nitrogens with zero attached hydrogens (tertiary/aromatic N) is 3. The lowest BCUT2D eigenvalue weighted by molar-refractivity contribution is 0.0303. The zero-order chi connectivity index (χ0) is 17.9. The predicted octanol–water partition coefficient (Wildman–Crippen LogP) is 1.60. The Morgan fingerprint density at radius 2 is 1.77 bits per heavy atom. The molecule has 140 valence electrons. The van der Waals surface area contributed by atoms with Crippen LogP contribution < -0.4 is 0 Å². The van der Waals surface area contributed by atoms with Crippen molar-refractivity contribution in [1.82, 2.24) is 14.7 Å². The largest absolute Gasteiger partial charge is 0.378 e. The van der Waals surface area contributed by atoms with Crippen molar-refractivity contribution < 1.29 is 14.3 Å². The molecule has 3 heterocycles. The summed E-state index contributed by atoms with van der Waals surface area (Å²) in [6, 6.07) is 5.53. The molecule has 2 amide bonds. The van der Waals surface area contributed by atoms with Crippen LogP contribution in [0.1, 0.15) is 45.5 Å². The SMILES string of the molecule is O=C(c1ccc2c(c1)CN(CCN1CCCCC1)C2=O)N1CCOCC1. The third-order valence-electron chi connectivity index (χ3n) is 5.66. The van der Waals surface area contributed by atoms with Crippen molar-refractivity contribution in [2.24, 2.45) is 0 Å². The van der Waals surface area contributed by atoms with Crippen LogP contribution in [-0.4, -0.2) is 79.0 Å². The number of hydrogen-bond acceptors (Lipinski definition) is 4. The Morgan fingerprint density at radius 3 is 2.54 bits per heavy atom. The number of fused-ring (bicyclic) bond motifs is 1. The highest BCUT2D eigenvalue weighted by atomic mass is 16.5. The van der Waals surface area contributed by atoms with E-state index in [0.717, 1.165) is 37.3 Å². The molecule has 1 aromatic carbocycles. The topological polar surface area (TPSA) is 53.1 Å². The van der Waals surface area contributed by atoms with Gasteiger partial charge in [0.05, 0.1) is 13.2 Å². The van der Waals surface area contributed by atoms with Gasteiger partial charge in [-0.25, -0.2) is 0 Å². The van der Waals surface area contributed by atoms with Crippen LogP contribution in [0.4, 0.5) is 0 Å². The molecule has 0 spiro atoms. The van der Waals surface area contributed by atoms with Gasteiger partial charge in [0.2, 0.25) is 0 Å². The number of rotatable bonds is 4. The first-order valence-corrected chi connectivity index (χ1v) is 9.74. The van der Waals surface area contributed by atoms with E-state index in [-0.39, 0.29) is 11.8 Å². The Morgan fingerprint density at radius 1 is 1.00 bits per heavy atom. The molecule has 0 radical (unpaired) electrons. The van der Waals surface area contributed by atoms with Gasteiger partial charge in [-0.3, -0.25) is 9.59 Å². The van der Waals surface area contributed by atoms with Crippen LogP contribution in [0.3, 0.4) is 0 Å². The number of morpholine rings is 1. The second-order valence-electron chi connectivity index (χ2n) is 7.41. The zero-order valence-corrected chi connectivity index (χ0v) is 15.3. The standard InChI is InChI=1S/C20H27N3O3/c24-19(22-10-12-26-13-11-22)16-4-5-18-17(14-16)15-23(20(18)25)9-8-21-6-2-1-3-7-21/h4-5,14H,1-3,6-13,15H2. The smallest absolute Gasteiger partial charge is 0.254 e. The van der Waals surface area contributed by atoms with Crippen molar-refractivity contribution in [2.75, 3.05) is 52.5 Å². The minimum Gasteiger partial charge on any atom is -0.378 e. The quantitative estimate of drug-likeness (QED) is 0.821. The second kappa shape index (κ2) is 7.76. The summed E-state index contributed by atoms with van der Waals surface area (Å²) in [6.07, 6.45) is 3.85. The van der Waals surface area contributed by atoms with Gasteiger partial charge < -0.3 is 19.4 Å². The van der Waals surface area contributed by atoms with Crippen LogP contribution in [0.5, 0.6) is 0 Å². The van der Waals surface area contributed by atoms with Crippen molar-refractivity contribution in [1.29, 1.82) is 0 Å². The van der Waals surface area contributed by atoms with E-state index in [4.69, 9.17) is 4.74 Å². The van der Waals surface area contributed by atoms with Gasteiger partial charge in [-0.15, -0.1) is 0 Å². The first-order chi connectivity index (χ1) is 12.7. The maximum absolute atomic E-state index is 12.7. The van der Waals surface area contributed by atoms with Gasteiger partial charge >= 0.3 is 0 Å². The molecule has 0 unspecified atom stereocenters. The second-order valence-corrected chi connectivity index (χ2v) is 7.41. The normalized spacial score (nSPS) is 21.2. The molecule has 0 saturated carbocycles. The minimum absolute atomic E-state index is 0.0373. The van der Waals surface area contributed by atoms with Gasteiger partial charge in [-0.2, -0.15) is 0 Å². The highest BCUT2D eigenvalue weighted by Crippen LogP contribution is 2.24. The number of amides is 2. The van der Waals surface area contributed by atoms with Crippen molar-refractivity contribution in [3.05, 3.63) is 34.9 Å². The lowest BCUT2D eigenvalue weighted by Crippen LogP contribution is -2.40. The summed E-state index contributed by atoms with van der Waals surface area (Å²) in [4.78, 5) is 31.5. The number of carbonyl (C=O) groups is 2. The molecule has 6 nitrogen and oxygen atoms in total. The molecule has 3 aliphatic heterocycles. The molecule has 3 aliphatic rings. The van der Waals surface area contributed by atoms with E-state index in [2.05, 4.69) is 4.90 Å². The van der Waals surface area contributed by atoms with Crippen molar-refractivity contribution >= 4 is 11.8 Å². The molecule has 2 fully saturated rings. The molecular weight excluding hydrogens is 330 g/mol.